The van der Waals surface area contributed by atoms with Crippen molar-refractivity contribution < 1.29 is 0 Å². The van der Waals surface area contributed by atoms with E-state index in [4.69, 9.17) is 0 Å². The molecule has 6 heteroatoms. The van der Waals surface area contributed by atoms with Crippen LogP contribution < -0.4 is 0 Å². The zero-order valence-electron chi connectivity index (χ0n) is 9.25. The Morgan fingerprint density at radius 1 is 1.35 bits per heavy atom. The van der Waals surface area contributed by atoms with Gasteiger partial charge in [-0.05, 0) is 36.8 Å². The van der Waals surface area contributed by atoms with Crippen molar-refractivity contribution in [2.45, 2.75) is 25.7 Å². The molecule has 1 aliphatic carbocycles. The molecule has 0 aliphatic heterocycles. The maximum atomic E-state index is 4.66. The summed E-state index contributed by atoms with van der Waals surface area (Å²) in [5.74, 6) is 1.63. The summed E-state index contributed by atoms with van der Waals surface area (Å²) in [6, 6.07) is 2.13. The third-order valence-electron chi connectivity index (χ3n) is 3.01. The predicted molar refractivity (Wildman–Crippen MR) is 68.7 cm³/mol. The topological polar surface area (TPSA) is 43.1 Å². The Kier molecular flexibility index (Phi) is 1.93. The van der Waals surface area contributed by atoms with Crippen LogP contribution in [0.2, 0.25) is 0 Å². The highest BCUT2D eigenvalue weighted by molar-refractivity contribution is 7.23. The van der Waals surface area contributed by atoms with Crippen molar-refractivity contribution in [1.29, 1.82) is 0 Å². The van der Waals surface area contributed by atoms with E-state index in [1.807, 2.05) is 4.52 Å². The molecule has 3 heterocycles. The first-order valence-electron chi connectivity index (χ1n) is 5.59. The van der Waals surface area contributed by atoms with Gasteiger partial charge in [0.1, 0.15) is 0 Å². The van der Waals surface area contributed by atoms with Crippen molar-refractivity contribution in [2.24, 2.45) is 0 Å². The minimum absolute atomic E-state index is 0.587. The van der Waals surface area contributed by atoms with Crippen molar-refractivity contribution in [3.05, 3.63) is 22.8 Å². The van der Waals surface area contributed by atoms with Crippen LogP contribution in [0.3, 0.4) is 0 Å². The zero-order valence-corrected chi connectivity index (χ0v) is 10.9. The number of rotatable bonds is 2. The summed E-state index contributed by atoms with van der Waals surface area (Å²) < 4.78 is 1.93. The van der Waals surface area contributed by atoms with E-state index in [0.717, 1.165) is 15.8 Å². The molecule has 17 heavy (non-hydrogen) atoms. The second kappa shape index (κ2) is 3.36. The molecule has 4 nitrogen and oxygen atoms in total. The molecule has 0 unspecified atom stereocenters. The number of nitrogens with zero attached hydrogens (tertiary/aromatic N) is 4. The number of hydrogen-bond donors (Lipinski definition) is 0. The number of fused-ring (bicyclic) bond motifs is 1. The maximum absolute atomic E-state index is 4.66. The van der Waals surface area contributed by atoms with Crippen LogP contribution in [-0.2, 0) is 0 Å². The van der Waals surface area contributed by atoms with E-state index in [0.29, 0.717) is 5.92 Å². The normalized spacial score (nSPS) is 15.8. The van der Waals surface area contributed by atoms with Gasteiger partial charge in [-0.2, -0.15) is 9.61 Å². The average Bonchev–Trinajstić information content (AvgIpc) is 2.75. The summed E-state index contributed by atoms with van der Waals surface area (Å²) in [4.78, 5) is 2.16. The first-order valence-corrected chi connectivity index (χ1v) is 7.29. The molecule has 0 saturated heterocycles. The average molecular weight is 262 g/mol. The molecule has 1 saturated carbocycles. The molecule has 1 aliphatic rings. The highest BCUT2D eigenvalue weighted by atomic mass is 32.1. The monoisotopic (exact) mass is 262 g/mol. The fourth-order valence-corrected chi connectivity index (χ4v) is 3.84. The van der Waals surface area contributed by atoms with E-state index in [1.165, 1.54) is 23.3 Å². The standard InChI is InChI=1S/C11H10N4S2/c1-6-4-5-16-8(6)10-14-15-9(7-2-3-7)12-13-11(15)17-10/h4-5,7H,2-3H2,1H3. The van der Waals surface area contributed by atoms with Crippen LogP contribution in [0.4, 0.5) is 0 Å². The third kappa shape index (κ3) is 1.44. The van der Waals surface area contributed by atoms with Crippen LogP contribution >= 0.6 is 22.7 Å². The molecule has 3 aromatic rings. The molecule has 0 N–H and O–H groups in total. The molecular formula is C11H10N4S2. The van der Waals surface area contributed by atoms with Gasteiger partial charge in [0.2, 0.25) is 4.96 Å². The smallest absolute Gasteiger partial charge is 0.187 e. The molecule has 0 radical (unpaired) electrons. The Morgan fingerprint density at radius 3 is 2.94 bits per heavy atom. The first-order chi connectivity index (χ1) is 8.33. The molecule has 0 spiro atoms. The minimum atomic E-state index is 0.587. The number of aryl methyl sites for hydroxylation is 1. The molecule has 86 valence electrons. The Hall–Kier alpha value is -1.27. The van der Waals surface area contributed by atoms with Gasteiger partial charge in [-0.15, -0.1) is 21.5 Å². The lowest BCUT2D eigenvalue weighted by Gasteiger charge is -1.92. The number of aromatic nitrogens is 4. The van der Waals surface area contributed by atoms with Crippen LogP contribution in [0.15, 0.2) is 11.4 Å². The lowest BCUT2D eigenvalue weighted by molar-refractivity contribution is 0.829. The van der Waals surface area contributed by atoms with Crippen LogP contribution in [-0.4, -0.2) is 19.8 Å². The van der Waals surface area contributed by atoms with E-state index in [2.05, 4.69) is 33.7 Å². The Morgan fingerprint density at radius 2 is 2.24 bits per heavy atom. The maximum Gasteiger partial charge on any atom is 0.235 e. The second-order valence-corrected chi connectivity index (χ2v) is 6.24. The van der Waals surface area contributed by atoms with Gasteiger partial charge in [0.05, 0.1) is 4.88 Å². The number of hydrogen-bond acceptors (Lipinski definition) is 5. The van der Waals surface area contributed by atoms with Crippen molar-refractivity contribution in [3.63, 3.8) is 0 Å². The number of thiophene rings is 1. The van der Waals surface area contributed by atoms with Crippen LogP contribution in [0.25, 0.3) is 14.8 Å². The summed E-state index contributed by atoms with van der Waals surface area (Å²) in [6.07, 6.45) is 2.46. The van der Waals surface area contributed by atoms with E-state index in [-0.39, 0.29) is 0 Å². The van der Waals surface area contributed by atoms with Gasteiger partial charge in [0.15, 0.2) is 10.8 Å². The lowest BCUT2D eigenvalue weighted by atomic mass is 10.3. The largest absolute Gasteiger partial charge is 0.235 e. The van der Waals surface area contributed by atoms with Gasteiger partial charge >= 0.3 is 0 Å². The summed E-state index contributed by atoms with van der Waals surface area (Å²) in [5.41, 5.74) is 1.29. The molecule has 0 atom stereocenters. The zero-order chi connectivity index (χ0) is 11.4. The first kappa shape index (κ1) is 9.73. The SMILES string of the molecule is Cc1ccsc1-c1nn2c(C3CC3)nnc2s1. The predicted octanol–water partition coefficient (Wildman–Crippen LogP) is 3.10. The highest BCUT2D eigenvalue weighted by Crippen LogP contribution is 2.40. The van der Waals surface area contributed by atoms with Gasteiger partial charge in [0.25, 0.3) is 0 Å². The quantitative estimate of drug-likeness (QED) is 0.712. The van der Waals surface area contributed by atoms with E-state index >= 15 is 0 Å². The molecule has 3 aromatic heterocycles. The Labute approximate surface area is 106 Å². The van der Waals surface area contributed by atoms with Gasteiger partial charge < -0.3 is 0 Å². The third-order valence-corrected chi connectivity index (χ3v) is 5.08. The molecule has 0 bridgehead atoms. The van der Waals surface area contributed by atoms with E-state index in [9.17, 15) is 0 Å². The fourth-order valence-electron chi connectivity index (χ4n) is 1.91. The van der Waals surface area contributed by atoms with Crippen LogP contribution in [0.1, 0.15) is 30.1 Å². The summed E-state index contributed by atoms with van der Waals surface area (Å²) in [5, 5.41) is 16.3. The summed E-state index contributed by atoms with van der Waals surface area (Å²) in [6.45, 7) is 2.12. The molecule has 0 aromatic carbocycles. The molecule has 4 rings (SSSR count). The van der Waals surface area contributed by atoms with Crippen molar-refractivity contribution in [3.8, 4) is 9.88 Å². The fraction of sp³-hybridized carbons (Fsp3) is 0.364. The second-order valence-electron chi connectivity index (χ2n) is 4.37. The molecular weight excluding hydrogens is 252 g/mol. The van der Waals surface area contributed by atoms with Gasteiger partial charge in [-0.1, -0.05) is 11.3 Å². The Balaban J connectivity index is 1.90. The van der Waals surface area contributed by atoms with Gasteiger partial charge in [-0.3, -0.25) is 0 Å². The van der Waals surface area contributed by atoms with Crippen LogP contribution in [0.5, 0.6) is 0 Å². The van der Waals surface area contributed by atoms with Gasteiger partial charge in [-0.25, -0.2) is 0 Å². The summed E-state index contributed by atoms with van der Waals surface area (Å²) in [7, 11) is 0. The van der Waals surface area contributed by atoms with Crippen LogP contribution in [0, 0.1) is 6.92 Å². The highest BCUT2D eigenvalue weighted by Gasteiger charge is 2.30. The lowest BCUT2D eigenvalue weighted by Crippen LogP contribution is -1.93. The molecule has 1 fully saturated rings. The Bertz CT molecular complexity index is 689. The van der Waals surface area contributed by atoms with Gasteiger partial charge in [0, 0.05) is 5.92 Å². The van der Waals surface area contributed by atoms with Crippen molar-refractivity contribution in [1.82, 2.24) is 19.8 Å². The minimum Gasteiger partial charge on any atom is -0.187 e. The van der Waals surface area contributed by atoms with E-state index in [1.54, 1.807) is 22.7 Å². The van der Waals surface area contributed by atoms with Crippen molar-refractivity contribution >= 4 is 27.6 Å². The van der Waals surface area contributed by atoms with Crippen molar-refractivity contribution in [2.75, 3.05) is 0 Å². The van der Waals surface area contributed by atoms with E-state index < -0.39 is 0 Å². The summed E-state index contributed by atoms with van der Waals surface area (Å²) >= 11 is 3.36. The molecule has 0 amide bonds.